The lowest BCUT2D eigenvalue weighted by Crippen LogP contribution is -2.48. The Morgan fingerprint density at radius 1 is 0.914 bits per heavy atom. The SMILES string of the molecule is COc1cc(Cn2c(C(=O)N3CCN(Cc4ccccc4)CC3)cc3scc(Br)c32)cc(OC)c1. The van der Waals surface area contributed by atoms with E-state index in [2.05, 4.69) is 55.0 Å². The number of methoxy groups -OCH3 is 2. The number of thiophene rings is 1. The molecular formula is C27H28BrN3O3S. The Balaban J connectivity index is 1.38. The van der Waals surface area contributed by atoms with Crippen molar-refractivity contribution in [3.8, 4) is 11.5 Å². The van der Waals surface area contributed by atoms with Gasteiger partial charge in [0.15, 0.2) is 0 Å². The summed E-state index contributed by atoms with van der Waals surface area (Å²) in [5.74, 6) is 1.54. The number of carbonyl (C=O) groups excluding carboxylic acids is 1. The summed E-state index contributed by atoms with van der Waals surface area (Å²) < 4.78 is 15.1. The van der Waals surface area contributed by atoms with Crippen molar-refractivity contribution in [1.29, 1.82) is 0 Å². The number of nitrogens with zero attached hydrogens (tertiary/aromatic N) is 3. The summed E-state index contributed by atoms with van der Waals surface area (Å²) in [4.78, 5) is 18.1. The van der Waals surface area contributed by atoms with E-state index in [9.17, 15) is 4.79 Å². The smallest absolute Gasteiger partial charge is 0.270 e. The van der Waals surface area contributed by atoms with Crippen LogP contribution in [0.2, 0.25) is 0 Å². The van der Waals surface area contributed by atoms with E-state index in [-0.39, 0.29) is 5.91 Å². The molecule has 4 aromatic rings. The molecule has 182 valence electrons. The summed E-state index contributed by atoms with van der Waals surface area (Å²) in [6.07, 6.45) is 0. The van der Waals surface area contributed by atoms with Crippen LogP contribution in [0.15, 0.2) is 64.5 Å². The molecule has 3 heterocycles. The van der Waals surface area contributed by atoms with Crippen LogP contribution in [0.3, 0.4) is 0 Å². The minimum absolute atomic E-state index is 0.0783. The molecule has 1 aliphatic rings. The van der Waals surface area contributed by atoms with Crippen molar-refractivity contribution in [2.75, 3.05) is 40.4 Å². The Hall–Kier alpha value is -2.81. The highest BCUT2D eigenvalue weighted by molar-refractivity contribution is 9.10. The first-order valence-corrected chi connectivity index (χ1v) is 13.3. The molecule has 0 radical (unpaired) electrons. The highest BCUT2D eigenvalue weighted by Gasteiger charge is 2.26. The second kappa shape index (κ2) is 10.4. The van der Waals surface area contributed by atoms with Gasteiger partial charge in [-0.15, -0.1) is 11.3 Å². The fourth-order valence-corrected chi connectivity index (χ4v) is 6.32. The number of amides is 1. The Labute approximate surface area is 217 Å². The average Bonchev–Trinajstić information content (AvgIpc) is 3.44. The maximum Gasteiger partial charge on any atom is 0.270 e. The van der Waals surface area contributed by atoms with Crippen LogP contribution < -0.4 is 9.47 Å². The van der Waals surface area contributed by atoms with Gasteiger partial charge in [-0.1, -0.05) is 30.3 Å². The molecule has 1 saturated heterocycles. The minimum atomic E-state index is 0.0783. The van der Waals surface area contributed by atoms with Crippen molar-refractivity contribution in [3.63, 3.8) is 0 Å². The molecule has 1 amide bonds. The molecular weight excluding hydrogens is 526 g/mol. The standard InChI is InChI=1S/C27H28BrN3O3S/c1-33-21-12-20(13-22(14-21)34-2)17-31-24(15-25-26(31)23(28)18-35-25)27(32)30-10-8-29(9-11-30)16-19-6-4-3-5-7-19/h3-7,12-15,18H,8-11,16-17H2,1-2H3. The Kier molecular flexibility index (Phi) is 7.13. The van der Waals surface area contributed by atoms with Gasteiger partial charge in [-0.05, 0) is 45.3 Å². The number of piperazine rings is 1. The molecule has 0 bridgehead atoms. The highest BCUT2D eigenvalue weighted by Crippen LogP contribution is 2.35. The summed E-state index contributed by atoms with van der Waals surface area (Å²) in [5.41, 5.74) is 4.08. The number of ether oxygens (including phenoxy) is 2. The molecule has 35 heavy (non-hydrogen) atoms. The van der Waals surface area contributed by atoms with Crippen LogP contribution in [0.4, 0.5) is 0 Å². The molecule has 0 spiro atoms. The number of fused-ring (bicyclic) bond motifs is 1. The normalized spacial score (nSPS) is 14.4. The lowest BCUT2D eigenvalue weighted by Gasteiger charge is -2.35. The summed E-state index contributed by atoms with van der Waals surface area (Å²) in [5, 5.41) is 2.07. The largest absolute Gasteiger partial charge is 0.497 e. The second-order valence-electron chi connectivity index (χ2n) is 8.69. The summed E-state index contributed by atoms with van der Waals surface area (Å²) >= 11 is 5.34. The predicted octanol–water partition coefficient (Wildman–Crippen LogP) is 5.49. The lowest BCUT2D eigenvalue weighted by atomic mass is 10.2. The molecule has 2 aromatic carbocycles. The van der Waals surface area contributed by atoms with Crippen LogP contribution >= 0.6 is 27.3 Å². The molecule has 0 N–H and O–H groups in total. The monoisotopic (exact) mass is 553 g/mol. The fourth-order valence-electron chi connectivity index (χ4n) is 4.63. The van der Waals surface area contributed by atoms with Gasteiger partial charge in [-0.25, -0.2) is 0 Å². The molecule has 8 heteroatoms. The van der Waals surface area contributed by atoms with Gasteiger partial charge in [-0.2, -0.15) is 0 Å². The van der Waals surface area contributed by atoms with Gasteiger partial charge < -0.3 is 18.9 Å². The summed E-state index contributed by atoms with van der Waals surface area (Å²) in [7, 11) is 3.29. The maximum absolute atomic E-state index is 13.7. The number of rotatable bonds is 7. The van der Waals surface area contributed by atoms with Gasteiger partial charge in [0.2, 0.25) is 0 Å². The number of halogens is 1. The third-order valence-corrected chi connectivity index (χ3v) is 8.28. The predicted molar refractivity (Wildman–Crippen MR) is 144 cm³/mol. The van der Waals surface area contributed by atoms with Gasteiger partial charge in [0, 0.05) is 50.7 Å². The number of aromatic nitrogens is 1. The van der Waals surface area contributed by atoms with E-state index in [0.717, 1.165) is 64.5 Å². The van der Waals surface area contributed by atoms with Crippen molar-refractivity contribution in [2.24, 2.45) is 0 Å². The van der Waals surface area contributed by atoms with E-state index in [1.165, 1.54) is 5.56 Å². The summed E-state index contributed by atoms with van der Waals surface area (Å²) in [6.45, 7) is 4.64. The zero-order valence-corrected chi connectivity index (χ0v) is 22.3. The molecule has 0 aliphatic carbocycles. The maximum atomic E-state index is 13.7. The second-order valence-corrected chi connectivity index (χ2v) is 10.5. The molecule has 6 nitrogen and oxygen atoms in total. The topological polar surface area (TPSA) is 46.9 Å². The third kappa shape index (κ3) is 5.10. The van der Waals surface area contributed by atoms with E-state index in [4.69, 9.17) is 9.47 Å². The Bertz CT molecular complexity index is 1300. The number of benzene rings is 2. The van der Waals surface area contributed by atoms with E-state index in [0.29, 0.717) is 12.2 Å². The zero-order chi connectivity index (χ0) is 24.4. The minimum Gasteiger partial charge on any atom is -0.497 e. The first-order valence-electron chi connectivity index (χ1n) is 11.6. The van der Waals surface area contributed by atoms with Crippen LogP contribution in [0.1, 0.15) is 21.6 Å². The fraction of sp³-hybridized carbons (Fsp3) is 0.296. The number of carbonyl (C=O) groups is 1. The molecule has 2 aromatic heterocycles. The van der Waals surface area contributed by atoms with Crippen molar-refractivity contribution < 1.29 is 14.3 Å². The van der Waals surface area contributed by atoms with E-state index >= 15 is 0 Å². The van der Waals surface area contributed by atoms with Crippen LogP contribution in [-0.4, -0.2) is 60.7 Å². The van der Waals surface area contributed by atoms with Crippen molar-refractivity contribution in [1.82, 2.24) is 14.4 Å². The molecule has 1 fully saturated rings. The van der Waals surface area contributed by atoms with Gasteiger partial charge in [-0.3, -0.25) is 9.69 Å². The molecule has 0 saturated carbocycles. The van der Waals surface area contributed by atoms with Crippen molar-refractivity contribution >= 4 is 43.4 Å². The molecule has 1 aliphatic heterocycles. The van der Waals surface area contributed by atoms with E-state index < -0.39 is 0 Å². The van der Waals surface area contributed by atoms with Gasteiger partial charge >= 0.3 is 0 Å². The summed E-state index contributed by atoms with van der Waals surface area (Å²) in [6, 6.07) is 18.4. The van der Waals surface area contributed by atoms with Crippen LogP contribution in [0.5, 0.6) is 11.5 Å². The average molecular weight is 555 g/mol. The van der Waals surface area contributed by atoms with Crippen LogP contribution in [0, 0.1) is 0 Å². The van der Waals surface area contributed by atoms with Crippen molar-refractivity contribution in [2.45, 2.75) is 13.1 Å². The first-order chi connectivity index (χ1) is 17.1. The molecule has 0 unspecified atom stereocenters. The third-order valence-electron chi connectivity index (χ3n) is 6.46. The van der Waals surface area contributed by atoms with Crippen LogP contribution in [-0.2, 0) is 13.1 Å². The lowest BCUT2D eigenvalue weighted by molar-refractivity contribution is 0.0619. The Morgan fingerprint density at radius 2 is 1.60 bits per heavy atom. The van der Waals surface area contributed by atoms with Crippen molar-refractivity contribution in [3.05, 3.63) is 81.3 Å². The van der Waals surface area contributed by atoms with Gasteiger partial charge in [0.25, 0.3) is 5.91 Å². The Morgan fingerprint density at radius 3 is 2.26 bits per heavy atom. The zero-order valence-electron chi connectivity index (χ0n) is 19.9. The van der Waals surface area contributed by atoms with Gasteiger partial charge in [0.1, 0.15) is 17.2 Å². The molecule has 0 atom stereocenters. The highest BCUT2D eigenvalue weighted by atomic mass is 79.9. The van der Waals surface area contributed by atoms with E-state index in [1.54, 1.807) is 25.6 Å². The quantitative estimate of drug-likeness (QED) is 0.303. The number of hydrogen-bond donors (Lipinski definition) is 0. The molecule has 5 rings (SSSR count). The first kappa shape index (κ1) is 23.9. The van der Waals surface area contributed by atoms with E-state index in [1.807, 2.05) is 35.2 Å². The van der Waals surface area contributed by atoms with Gasteiger partial charge in [0.05, 0.1) is 28.9 Å². The van der Waals surface area contributed by atoms with Crippen LogP contribution in [0.25, 0.3) is 10.2 Å². The number of hydrogen-bond acceptors (Lipinski definition) is 5.